The molecular weight excluding hydrogens is 791 g/mol. The predicted octanol–water partition coefficient (Wildman–Crippen LogP) is 12.9. The molecule has 0 unspecified atom stereocenters. The molecule has 306 valence electrons. The molecule has 0 spiro atoms. The van der Waals surface area contributed by atoms with E-state index in [1.165, 1.54) is 48.6 Å². The van der Waals surface area contributed by atoms with Crippen LogP contribution in [0.15, 0.2) is 255 Å². The molecular formula is C60H47N3Si. The molecule has 0 amide bonds. The van der Waals surface area contributed by atoms with Crippen LogP contribution in [0.5, 0.6) is 0 Å². The fourth-order valence-corrected chi connectivity index (χ4v) is 15.0. The smallest absolute Gasteiger partial charge is 0.181 e. The molecule has 0 atom stereocenters. The van der Waals surface area contributed by atoms with E-state index < -0.39 is 8.07 Å². The molecule has 10 aromatic rings. The van der Waals surface area contributed by atoms with Gasteiger partial charge in [-0.1, -0.05) is 182 Å². The van der Waals surface area contributed by atoms with Crippen molar-refractivity contribution in [2.24, 2.45) is 0 Å². The summed E-state index contributed by atoms with van der Waals surface area (Å²) in [5.74, 6) is 0. The van der Waals surface area contributed by atoms with Crippen molar-refractivity contribution in [1.82, 2.24) is 4.57 Å². The molecule has 1 aliphatic carbocycles. The van der Waals surface area contributed by atoms with Crippen molar-refractivity contribution < 1.29 is 0 Å². The van der Waals surface area contributed by atoms with E-state index in [1.807, 2.05) is 0 Å². The summed E-state index contributed by atoms with van der Waals surface area (Å²) in [5.41, 5.74) is 11.8. The minimum Gasteiger partial charge on any atom is -0.313 e. The Morgan fingerprint density at radius 2 is 0.875 bits per heavy atom. The van der Waals surface area contributed by atoms with Crippen LogP contribution in [-0.4, -0.2) is 12.6 Å². The first-order valence-electron chi connectivity index (χ1n) is 22.2. The molecule has 1 aliphatic rings. The van der Waals surface area contributed by atoms with Crippen LogP contribution in [0.4, 0.5) is 34.1 Å². The normalized spacial score (nSPS) is 12.2. The van der Waals surface area contributed by atoms with Gasteiger partial charge in [-0.3, -0.25) is 0 Å². The molecule has 0 radical (unpaired) electrons. The zero-order valence-electron chi connectivity index (χ0n) is 35.6. The summed E-state index contributed by atoms with van der Waals surface area (Å²) in [4.78, 5) is 4.89. The molecule has 4 heteroatoms. The first-order chi connectivity index (χ1) is 31.8. The average molecular weight is 838 g/mol. The molecule has 0 saturated heterocycles. The maximum absolute atomic E-state index is 3.16. The van der Waals surface area contributed by atoms with Crippen LogP contribution in [0.1, 0.15) is 17.7 Å². The lowest BCUT2D eigenvalue weighted by molar-refractivity contribution is 0.888. The molecule has 0 bridgehead atoms. The fourth-order valence-electron chi connectivity index (χ4n) is 10.0. The van der Waals surface area contributed by atoms with Crippen LogP contribution in [0.2, 0.25) is 0 Å². The first kappa shape index (κ1) is 39.0. The molecule has 0 saturated carbocycles. The van der Waals surface area contributed by atoms with Crippen LogP contribution in [0.3, 0.4) is 0 Å². The maximum atomic E-state index is 2.50. The molecule has 1 heterocycles. The standard InChI is InChI=1S/C60H47N3Si/c1-7-24-46(25-8-1)61(47-26-9-2-10-27-47)50-32-23-37-54(44-50)64(52-33-15-5-16-34-52,53-35-17-6-18-36-53)60-41-22-21-40-58(60)62(48-28-11-3-12-29-48)51-42-43-56-55-38-19-20-39-57(55)63(59(56)45-51)49-30-13-4-14-31-49/h1-19,21-38,40-45H,20,39H2. The SMILES string of the molecule is C1=Cc2c(n(-c3ccccc3)c3cc(N(c4ccccc4)c4ccccc4[Si](c4ccccc4)(c4ccccc4)c4cccc(N(c5ccccc5)c5ccccc5)c4)ccc23)CC1. The lowest BCUT2D eigenvalue weighted by Crippen LogP contribution is -2.75. The summed E-state index contributed by atoms with van der Waals surface area (Å²) in [5, 5.41) is 6.51. The minimum absolute atomic E-state index is 1.00. The van der Waals surface area contributed by atoms with E-state index in [9.17, 15) is 0 Å². The maximum Gasteiger partial charge on any atom is 0.181 e. The molecule has 11 rings (SSSR count). The Morgan fingerprint density at radius 1 is 0.391 bits per heavy atom. The number of rotatable bonds is 11. The van der Waals surface area contributed by atoms with Gasteiger partial charge in [0, 0.05) is 56.5 Å². The van der Waals surface area contributed by atoms with Crippen LogP contribution in [0, 0.1) is 0 Å². The number of anilines is 6. The van der Waals surface area contributed by atoms with Gasteiger partial charge in [0.1, 0.15) is 0 Å². The van der Waals surface area contributed by atoms with Crippen molar-refractivity contribution in [2.45, 2.75) is 12.8 Å². The Bertz CT molecular complexity index is 3120. The van der Waals surface area contributed by atoms with Gasteiger partial charge in [0.15, 0.2) is 8.07 Å². The number of nitrogens with zero attached hydrogens (tertiary/aromatic N) is 3. The fraction of sp³-hybridized carbons (Fsp3) is 0.0333. The number of aromatic nitrogens is 1. The second kappa shape index (κ2) is 17.1. The zero-order valence-corrected chi connectivity index (χ0v) is 36.6. The van der Waals surface area contributed by atoms with Crippen LogP contribution in [-0.2, 0) is 6.42 Å². The Balaban J connectivity index is 1.20. The summed E-state index contributed by atoms with van der Waals surface area (Å²) in [6.45, 7) is 0. The van der Waals surface area contributed by atoms with Crippen molar-refractivity contribution in [2.75, 3.05) is 9.80 Å². The number of allylic oxidation sites excluding steroid dienone is 1. The van der Waals surface area contributed by atoms with E-state index in [2.05, 4.69) is 275 Å². The Hall–Kier alpha value is -7.92. The van der Waals surface area contributed by atoms with E-state index in [-0.39, 0.29) is 0 Å². The van der Waals surface area contributed by atoms with E-state index >= 15 is 0 Å². The van der Waals surface area contributed by atoms with Gasteiger partial charge in [0.25, 0.3) is 0 Å². The topological polar surface area (TPSA) is 11.4 Å². The van der Waals surface area contributed by atoms with Gasteiger partial charge in [-0.05, 0) is 112 Å². The summed E-state index contributed by atoms with van der Waals surface area (Å²) in [6.07, 6.45) is 6.69. The molecule has 1 aromatic heterocycles. The third-order valence-corrected chi connectivity index (χ3v) is 17.5. The highest BCUT2D eigenvalue weighted by atomic mass is 28.3. The van der Waals surface area contributed by atoms with E-state index in [4.69, 9.17) is 0 Å². The van der Waals surface area contributed by atoms with Crippen molar-refractivity contribution in [3.63, 3.8) is 0 Å². The van der Waals surface area contributed by atoms with E-state index in [1.54, 1.807) is 0 Å². The Labute approximate surface area is 377 Å². The zero-order chi connectivity index (χ0) is 42.7. The minimum atomic E-state index is -3.16. The largest absolute Gasteiger partial charge is 0.313 e. The van der Waals surface area contributed by atoms with E-state index in [0.29, 0.717) is 0 Å². The summed E-state index contributed by atoms with van der Waals surface area (Å²) < 4.78 is 2.50. The average Bonchev–Trinajstić information content (AvgIpc) is 3.71. The lowest BCUT2D eigenvalue weighted by Gasteiger charge is -2.39. The first-order valence-corrected chi connectivity index (χ1v) is 24.2. The van der Waals surface area contributed by atoms with Crippen molar-refractivity contribution in [1.29, 1.82) is 0 Å². The quantitative estimate of drug-likeness (QED) is 0.0950. The van der Waals surface area contributed by atoms with Gasteiger partial charge in [-0.25, -0.2) is 0 Å². The molecule has 0 aliphatic heterocycles. The van der Waals surface area contributed by atoms with Gasteiger partial charge in [0.05, 0.1) is 5.52 Å². The summed E-state index contributed by atoms with van der Waals surface area (Å²) in [6, 6.07) is 91.5. The van der Waals surface area contributed by atoms with Crippen molar-refractivity contribution in [3.8, 4) is 5.69 Å². The molecule has 9 aromatic carbocycles. The molecule has 0 N–H and O–H groups in total. The summed E-state index contributed by atoms with van der Waals surface area (Å²) in [7, 11) is -3.16. The lowest BCUT2D eigenvalue weighted by atomic mass is 10.0. The van der Waals surface area contributed by atoms with Gasteiger partial charge in [0.2, 0.25) is 0 Å². The molecule has 64 heavy (non-hydrogen) atoms. The molecule has 0 fully saturated rings. The third-order valence-electron chi connectivity index (χ3n) is 12.7. The number of hydrogen-bond acceptors (Lipinski definition) is 2. The van der Waals surface area contributed by atoms with Crippen molar-refractivity contribution >= 4 is 79.9 Å². The van der Waals surface area contributed by atoms with E-state index in [0.717, 1.165) is 47.0 Å². The highest BCUT2D eigenvalue weighted by molar-refractivity contribution is 7.20. The van der Waals surface area contributed by atoms with Gasteiger partial charge >= 0.3 is 0 Å². The number of hydrogen-bond donors (Lipinski definition) is 0. The summed E-state index contributed by atoms with van der Waals surface area (Å²) >= 11 is 0. The Kier molecular flexibility index (Phi) is 10.4. The number of para-hydroxylation sites is 5. The van der Waals surface area contributed by atoms with Crippen molar-refractivity contribution in [3.05, 3.63) is 266 Å². The second-order valence-corrected chi connectivity index (χ2v) is 20.2. The molecule has 3 nitrogen and oxygen atoms in total. The Morgan fingerprint density at radius 3 is 1.48 bits per heavy atom. The van der Waals surface area contributed by atoms with Crippen LogP contribution in [0.25, 0.3) is 22.7 Å². The van der Waals surface area contributed by atoms with Crippen LogP contribution >= 0.6 is 0 Å². The second-order valence-electron chi connectivity index (χ2n) is 16.4. The van der Waals surface area contributed by atoms with Gasteiger partial charge < -0.3 is 14.4 Å². The third kappa shape index (κ3) is 6.85. The highest BCUT2D eigenvalue weighted by Crippen LogP contribution is 2.41. The van der Waals surface area contributed by atoms with Gasteiger partial charge in [-0.2, -0.15) is 0 Å². The highest BCUT2D eigenvalue weighted by Gasteiger charge is 2.44. The van der Waals surface area contributed by atoms with Crippen LogP contribution < -0.4 is 30.5 Å². The number of fused-ring (bicyclic) bond motifs is 3. The van der Waals surface area contributed by atoms with Gasteiger partial charge in [-0.15, -0.1) is 0 Å². The predicted molar refractivity (Wildman–Crippen MR) is 274 cm³/mol. The number of benzene rings is 9. The monoisotopic (exact) mass is 837 g/mol.